The summed E-state index contributed by atoms with van der Waals surface area (Å²) in [6, 6.07) is 1.98. The van der Waals surface area contributed by atoms with Gasteiger partial charge in [0, 0.05) is 34.9 Å². The van der Waals surface area contributed by atoms with E-state index in [4.69, 9.17) is 7.10 Å². The molecule has 118 valence electrons. The maximum atomic E-state index is 7.84. The van der Waals surface area contributed by atoms with E-state index in [1.54, 1.807) is 12.3 Å². The number of pyridine rings is 1. The van der Waals surface area contributed by atoms with Crippen molar-refractivity contribution in [3.8, 4) is 0 Å². The largest absolute Gasteiger partial charge is 0.364 e. The van der Waals surface area contributed by atoms with E-state index in [0.29, 0.717) is 17.8 Å². The normalized spacial score (nSPS) is 25.5. The van der Waals surface area contributed by atoms with Gasteiger partial charge in [0.1, 0.15) is 5.52 Å². The van der Waals surface area contributed by atoms with E-state index >= 15 is 0 Å². The number of aromatic nitrogens is 3. The third-order valence-electron chi connectivity index (χ3n) is 3.69. The van der Waals surface area contributed by atoms with Crippen LogP contribution in [-0.4, -0.2) is 32.1 Å². The van der Waals surface area contributed by atoms with Gasteiger partial charge >= 0.3 is 0 Å². The Balaban J connectivity index is 1.91. The smallest absolute Gasteiger partial charge is 0.223 e. The SMILES string of the molecule is [2H]c1cc2cnc(NC3CC(C)(N)C3)nc2c(NC(C)(C)C)n1. The first-order chi connectivity index (χ1) is 10.6. The zero-order valence-electron chi connectivity index (χ0n) is 14.6. The Kier molecular flexibility index (Phi) is 3.14. The summed E-state index contributed by atoms with van der Waals surface area (Å²) in [5.41, 5.74) is 6.52. The van der Waals surface area contributed by atoms with Crippen molar-refractivity contribution in [2.45, 2.75) is 57.7 Å². The Labute approximate surface area is 132 Å². The fourth-order valence-electron chi connectivity index (χ4n) is 2.77. The van der Waals surface area contributed by atoms with Gasteiger partial charge in [-0.3, -0.25) is 0 Å². The van der Waals surface area contributed by atoms with E-state index in [1.807, 2.05) is 20.8 Å². The number of fused-ring (bicyclic) bond motifs is 1. The molecule has 0 spiro atoms. The Bertz CT molecular complexity index is 729. The van der Waals surface area contributed by atoms with Crippen molar-refractivity contribution < 1.29 is 1.37 Å². The summed E-state index contributed by atoms with van der Waals surface area (Å²) >= 11 is 0. The average Bonchev–Trinajstić information content (AvgIpc) is 2.35. The van der Waals surface area contributed by atoms with Crippen molar-refractivity contribution in [2.24, 2.45) is 5.73 Å². The van der Waals surface area contributed by atoms with Crippen molar-refractivity contribution in [2.75, 3.05) is 10.6 Å². The van der Waals surface area contributed by atoms with Gasteiger partial charge in [-0.15, -0.1) is 0 Å². The van der Waals surface area contributed by atoms with Crippen LogP contribution in [0.2, 0.25) is 0 Å². The molecule has 0 unspecified atom stereocenters. The zero-order chi connectivity index (χ0) is 16.8. The van der Waals surface area contributed by atoms with Crippen LogP contribution in [0.4, 0.5) is 11.8 Å². The summed E-state index contributed by atoms with van der Waals surface area (Å²) in [5.74, 6) is 1.19. The second kappa shape index (κ2) is 5.05. The minimum absolute atomic E-state index is 0.0882. The van der Waals surface area contributed by atoms with Crippen molar-refractivity contribution in [1.82, 2.24) is 15.0 Å². The molecule has 1 aliphatic rings. The van der Waals surface area contributed by atoms with Crippen LogP contribution < -0.4 is 16.4 Å². The number of hydrogen-bond donors (Lipinski definition) is 3. The molecule has 6 nitrogen and oxygen atoms in total. The fraction of sp³-hybridized carbons (Fsp3) is 0.562. The molecule has 6 heteroatoms. The highest BCUT2D eigenvalue weighted by Gasteiger charge is 2.37. The number of hydrogen-bond acceptors (Lipinski definition) is 6. The van der Waals surface area contributed by atoms with E-state index in [1.165, 1.54) is 0 Å². The lowest BCUT2D eigenvalue weighted by Gasteiger charge is -2.42. The molecule has 0 saturated heterocycles. The highest BCUT2D eigenvalue weighted by Crippen LogP contribution is 2.31. The van der Waals surface area contributed by atoms with Gasteiger partial charge in [0.25, 0.3) is 0 Å². The molecule has 2 aromatic rings. The molecular formula is C16H24N6. The summed E-state index contributed by atoms with van der Waals surface area (Å²) in [4.78, 5) is 13.2. The van der Waals surface area contributed by atoms with Gasteiger partial charge in [-0.1, -0.05) is 0 Å². The molecule has 0 radical (unpaired) electrons. The minimum Gasteiger partial charge on any atom is -0.364 e. The van der Waals surface area contributed by atoms with E-state index in [0.717, 1.165) is 23.7 Å². The molecule has 0 atom stereocenters. The van der Waals surface area contributed by atoms with Crippen LogP contribution in [0.3, 0.4) is 0 Å². The summed E-state index contributed by atoms with van der Waals surface area (Å²) in [5, 5.41) is 7.45. The molecule has 4 N–H and O–H groups in total. The molecule has 22 heavy (non-hydrogen) atoms. The Morgan fingerprint density at radius 1 is 1.36 bits per heavy atom. The standard InChI is InChI=1S/C16H24N6/c1-15(2,3)22-13-12-10(5-6-18-13)9-19-14(21-12)20-11-7-16(4,17)8-11/h5-6,9,11H,7-8,17H2,1-4H3,(H,18,22)(H,19,20,21)/i6D. The summed E-state index contributed by atoms with van der Waals surface area (Å²) in [7, 11) is 0. The molecule has 2 heterocycles. The lowest BCUT2D eigenvalue weighted by molar-refractivity contribution is 0.247. The van der Waals surface area contributed by atoms with Gasteiger partial charge in [0.2, 0.25) is 5.95 Å². The van der Waals surface area contributed by atoms with E-state index in [9.17, 15) is 0 Å². The molecular weight excluding hydrogens is 276 g/mol. The fourth-order valence-corrected chi connectivity index (χ4v) is 2.77. The lowest BCUT2D eigenvalue weighted by Crippen LogP contribution is -2.54. The first-order valence-corrected chi connectivity index (χ1v) is 7.59. The lowest BCUT2D eigenvalue weighted by atomic mass is 9.75. The van der Waals surface area contributed by atoms with Crippen LogP contribution in [0.5, 0.6) is 0 Å². The van der Waals surface area contributed by atoms with E-state index in [2.05, 4.69) is 32.5 Å². The van der Waals surface area contributed by atoms with E-state index < -0.39 is 0 Å². The number of rotatable bonds is 3. The molecule has 1 fully saturated rings. The van der Waals surface area contributed by atoms with Gasteiger partial charge in [0.05, 0.1) is 1.37 Å². The number of nitrogens with one attached hydrogen (secondary N) is 2. The van der Waals surface area contributed by atoms with Crippen LogP contribution in [-0.2, 0) is 0 Å². The molecule has 2 aromatic heterocycles. The zero-order valence-corrected chi connectivity index (χ0v) is 13.6. The molecule has 1 aliphatic carbocycles. The monoisotopic (exact) mass is 301 g/mol. The maximum absolute atomic E-state index is 7.84. The molecule has 1 saturated carbocycles. The predicted octanol–water partition coefficient (Wildman–Crippen LogP) is 2.53. The number of anilines is 2. The molecule has 0 aliphatic heterocycles. The van der Waals surface area contributed by atoms with Crippen LogP contribution in [0.25, 0.3) is 10.9 Å². The second-order valence-corrected chi connectivity index (χ2v) is 7.51. The Morgan fingerprint density at radius 2 is 2.09 bits per heavy atom. The summed E-state index contributed by atoms with van der Waals surface area (Å²) in [6.07, 6.45) is 3.75. The minimum atomic E-state index is -0.165. The van der Waals surface area contributed by atoms with Crippen LogP contribution >= 0.6 is 0 Å². The molecule has 0 aromatic carbocycles. The van der Waals surface area contributed by atoms with Crippen molar-refractivity contribution >= 4 is 22.7 Å². The topological polar surface area (TPSA) is 88.8 Å². The Hall–Kier alpha value is -1.95. The highest BCUT2D eigenvalue weighted by molar-refractivity contribution is 5.88. The van der Waals surface area contributed by atoms with Crippen LogP contribution in [0, 0.1) is 0 Å². The van der Waals surface area contributed by atoms with Crippen molar-refractivity contribution in [3.05, 3.63) is 18.4 Å². The van der Waals surface area contributed by atoms with Crippen LogP contribution in [0.1, 0.15) is 41.9 Å². The van der Waals surface area contributed by atoms with E-state index in [-0.39, 0.29) is 17.3 Å². The average molecular weight is 301 g/mol. The Morgan fingerprint density at radius 3 is 2.73 bits per heavy atom. The van der Waals surface area contributed by atoms with Crippen LogP contribution in [0.15, 0.2) is 18.4 Å². The third kappa shape index (κ3) is 3.27. The summed E-state index contributed by atoms with van der Waals surface area (Å²) < 4.78 is 7.84. The van der Waals surface area contributed by atoms with Gasteiger partial charge in [0.15, 0.2) is 5.82 Å². The van der Waals surface area contributed by atoms with Gasteiger partial charge in [-0.25, -0.2) is 15.0 Å². The van der Waals surface area contributed by atoms with Crippen molar-refractivity contribution in [3.63, 3.8) is 0 Å². The second-order valence-electron chi connectivity index (χ2n) is 7.51. The van der Waals surface area contributed by atoms with Gasteiger partial charge in [-0.05, 0) is 46.6 Å². The highest BCUT2D eigenvalue weighted by atomic mass is 15.1. The number of nitrogens with zero attached hydrogens (tertiary/aromatic N) is 3. The summed E-state index contributed by atoms with van der Waals surface area (Å²) in [6.45, 7) is 8.20. The first-order valence-electron chi connectivity index (χ1n) is 8.09. The third-order valence-corrected chi connectivity index (χ3v) is 3.69. The maximum Gasteiger partial charge on any atom is 0.223 e. The molecule has 0 amide bonds. The quantitative estimate of drug-likeness (QED) is 0.807. The number of nitrogens with two attached hydrogens (primary N) is 1. The van der Waals surface area contributed by atoms with Gasteiger partial charge in [-0.2, -0.15) is 0 Å². The predicted molar refractivity (Wildman–Crippen MR) is 89.9 cm³/mol. The van der Waals surface area contributed by atoms with Gasteiger partial charge < -0.3 is 16.4 Å². The molecule has 0 bridgehead atoms. The van der Waals surface area contributed by atoms with Crippen molar-refractivity contribution in [1.29, 1.82) is 0 Å². The molecule has 3 rings (SSSR count). The first kappa shape index (κ1) is 13.7.